The van der Waals surface area contributed by atoms with Crippen LogP contribution in [0.5, 0.6) is 0 Å². The number of amides is 2. The molecule has 2 N–H and O–H groups in total. The maximum Gasteiger partial charge on any atom is 0.293 e. The lowest BCUT2D eigenvalue weighted by atomic mass is 10.0. The fraction of sp³-hybridized carbons (Fsp3) is 0.500. The van der Waals surface area contributed by atoms with Gasteiger partial charge >= 0.3 is 0 Å². The number of carbonyl (C=O) groups is 3. The van der Waals surface area contributed by atoms with Gasteiger partial charge in [0.2, 0.25) is 11.8 Å². The van der Waals surface area contributed by atoms with E-state index in [9.17, 15) is 14.4 Å². The SMILES string of the molecule is CC(C)[C@@H](C(=O)N[C@@H](C)C(=O)Nc1ccc(COC=O)cc1)N(C)C. The van der Waals surface area contributed by atoms with Crippen LogP contribution in [0.15, 0.2) is 24.3 Å². The standard InChI is InChI=1S/C18H27N3O4/c1-12(2)16(21(4)5)18(24)19-13(3)17(23)20-15-8-6-14(7-9-15)10-25-11-22/h6-9,11-13,16H,10H2,1-5H3,(H,19,24)(H,20,23)/t13-,16-/m0/s1. The van der Waals surface area contributed by atoms with Crippen LogP contribution < -0.4 is 10.6 Å². The predicted octanol–water partition coefficient (Wildman–Crippen LogP) is 1.39. The second-order valence-corrected chi connectivity index (χ2v) is 6.48. The number of anilines is 1. The summed E-state index contributed by atoms with van der Waals surface area (Å²) in [5.41, 5.74) is 1.42. The summed E-state index contributed by atoms with van der Waals surface area (Å²) in [4.78, 5) is 36.6. The van der Waals surface area contributed by atoms with E-state index >= 15 is 0 Å². The number of benzene rings is 1. The van der Waals surface area contributed by atoms with Crippen LogP contribution in [0, 0.1) is 5.92 Å². The Kier molecular flexibility index (Phi) is 8.07. The largest absolute Gasteiger partial charge is 0.463 e. The van der Waals surface area contributed by atoms with Crippen molar-refractivity contribution in [2.75, 3.05) is 19.4 Å². The van der Waals surface area contributed by atoms with E-state index in [1.54, 1.807) is 31.2 Å². The molecule has 1 rings (SSSR count). The number of nitrogens with zero attached hydrogens (tertiary/aromatic N) is 1. The molecule has 138 valence electrons. The lowest BCUT2D eigenvalue weighted by Crippen LogP contribution is -2.51. The molecule has 0 fully saturated rings. The first kappa shape index (κ1) is 20.6. The minimum absolute atomic E-state index is 0.131. The summed E-state index contributed by atoms with van der Waals surface area (Å²) in [6.45, 7) is 6.14. The van der Waals surface area contributed by atoms with Gasteiger partial charge in [-0.2, -0.15) is 0 Å². The van der Waals surface area contributed by atoms with E-state index in [0.717, 1.165) is 5.56 Å². The van der Waals surface area contributed by atoms with Gasteiger partial charge in [-0.1, -0.05) is 26.0 Å². The average Bonchev–Trinajstić information content (AvgIpc) is 2.53. The van der Waals surface area contributed by atoms with Crippen LogP contribution in [0.3, 0.4) is 0 Å². The second-order valence-electron chi connectivity index (χ2n) is 6.48. The van der Waals surface area contributed by atoms with Crippen LogP contribution >= 0.6 is 0 Å². The Bertz CT molecular complexity index is 576. The normalized spacial score (nSPS) is 13.2. The molecule has 0 aliphatic heterocycles. The molecule has 0 saturated carbocycles. The average molecular weight is 349 g/mol. The predicted molar refractivity (Wildman–Crippen MR) is 95.8 cm³/mol. The molecule has 0 aliphatic rings. The van der Waals surface area contributed by atoms with Crippen molar-refractivity contribution in [3.8, 4) is 0 Å². The third-order valence-corrected chi connectivity index (χ3v) is 3.75. The van der Waals surface area contributed by atoms with Crippen LogP contribution in [-0.2, 0) is 25.7 Å². The number of hydrogen-bond donors (Lipinski definition) is 2. The van der Waals surface area contributed by atoms with Gasteiger partial charge in [0, 0.05) is 5.69 Å². The van der Waals surface area contributed by atoms with Gasteiger partial charge < -0.3 is 15.4 Å². The molecule has 0 unspecified atom stereocenters. The van der Waals surface area contributed by atoms with Crippen LogP contribution in [0.1, 0.15) is 26.3 Å². The van der Waals surface area contributed by atoms with Crippen molar-refractivity contribution in [1.29, 1.82) is 0 Å². The molecule has 7 heteroatoms. The van der Waals surface area contributed by atoms with E-state index in [2.05, 4.69) is 15.4 Å². The lowest BCUT2D eigenvalue weighted by Gasteiger charge is -2.28. The van der Waals surface area contributed by atoms with Crippen molar-refractivity contribution in [2.24, 2.45) is 5.92 Å². The van der Waals surface area contributed by atoms with E-state index in [1.165, 1.54) is 0 Å². The van der Waals surface area contributed by atoms with Crippen LogP contribution in [0.25, 0.3) is 0 Å². The fourth-order valence-corrected chi connectivity index (χ4v) is 2.56. The number of likely N-dealkylation sites (N-methyl/N-ethyl adjacent to an activating group) is 1. The van der Waals surface area contributed by atoms with Crippen molar-refractivity contribution >= 4 is 24.0 Å². The first-order valence-corrected chi connectivity index (χ1v) is 8.18. The molecule has 0 radical (unpaired) electrons. The Morgan fingerprint density at radius 3 is 2.20 bits per heavy atom. The summed E-state index contributed by atoms with van der Waals surface area (Å²) in [5, 5.41) is 5.50. The summed E-state index contributed by atoms with van der Waals surface area (Å²) in [6.07, 6.45) is 0. The highest BCUT2D eigenvalue weighted by Crippen LogP contribution is 2.11. The summed E-state index contributed by atoms with van der Waals surface area (Å²) in [5.74, 6) is -0.345. The van der Waals surface area contributed by atoms with Crippen molar-refractivity contribution in [2.45, 2.75) is 39.5 Å². The summed E-state index contributed by atoms with van der Waals surface area (Å²) < 4.78 is 4.66. The number of carbonyl (C=O) groups excluding carboxylic acids is 3. The van der Waals surface area contributed by atoms with Crippen molar-refractivity contribution in [3.63, 3.8) is 0 Å². The topological polar surface area (TPSA) is 87.7 Å². The van der Waals surface area contributed by atoms with Gasteiger partial charge in [0.25, 0.3) is 6.47 Å². The van der Waals surface area contributed by atoms with E-state index in [1.807, 2.05) is 32.8 Å². The minimum Gasteiger partial charge on any atom is -0.463 e. The van der Waals surface area contributed by atoms with Gasteiger partial charge in [-0.05, 0) is 44.6 Å². The Hall–Kier alpha value is -2.41. The van der Waals surface area contributed by atoms with E-state index in [4.69, 9.17) is 0 Å². The molecule has 7 nitrogen and oxygen atoms in total. The molecule has 0 bridgehead atoms. The van der Waals surface area contributed by atoms with E-state index < -0.39 is 6.04 Å². The number of rotatable bonds is 9. The van der Waals surface area contributed by atoms with E-state index in [0.29, 0.717) is 12.2 Å². The quantitative estimate of drug-likeness (QED) is 0.658. The zero-order chi connectivity index (χ0) is 19.0. The Labute approximate surface area is 148 Å². The van der Waals surface area contributed by atoms with Gasteiger partial charge in [0.15, 0.2) is 0 Å². The number of nitrogens with one attached hydrogen (secondary N) is 2. The molecule has 0 heterocycles. The maximum absolute atomic E-state index is 12.4. The molecule has 2 atom stereocenters. The second kappa shape index (κ2) is 9.78. The Morgan fingerprint density at radius 2 is 1.72 bits per heavy atom. The van der Waals surface area contributed by atoms with Crippen molar-refractivity contribution in [3.05, 3.63) is 29.8 Å². The van der Waals surface area contributed by atoms with Gasteiger partial charge in [0.1, 0.15) is 12.6 Å². The summed E-state index contributed by atoms with van der Waals surface area (Å²) in [7, 11) is 3.68. The molecular formula is C18H27N3O4. The summed E-state index contributed by atoms with van der Waals surface area (Å²) in [6, 6.07) is 5.98. The third-order valence-electron chi connectivity index (χ3n) is 3.75. The first-order chi connectivity index (χ1) is 11.8. The third kappa shape index (κ3) is 6.54. The van der Waals surface area contributed by atoms with Gasteiger partial charge in [-0.3, -0.25) is 19.3 Å². The van der Waals surface area contributed by atoms with Crippen molar-refractivity contribution < 1.29 is 19.1 Å². The highest BCUT2D eigenvalue weighted by Gasteiger charge is 2.26. The molecule has 0 aliphatic carbocycles. The lowest BCUT2D eigenvalue weighted by molar-refractivity contribution is -0.130. The van der Waals surface area contributed by atoms with E-state index in [-0.39, 0.29) is 30.4 Å². The monoisotopic (exact) mass is 349 g/mol. The van der Waals surface area contributed by atoms with Gasteiger partial charge in [-0.15, -0.1) is 0 Å². The highest BCUT2D eigenvalue weighted by atomic mass is 16.5. The molecular weight excluding hydrogens is 322 g/mol. The highest BCUT2D eigenvalue weighted by molar-refractivity contribution is 5.97. The fourth-order valence-electron chi connectivity index (χ4n) is 2.56. The van der Waals surface area contributed by atoms with Crippen LogP contribution in [0.2, 0.25) is 0 Å². The Morgan fingerprint density at radius 1 is 1.12 bits per heavy atom. The first-order valence-electron chi connectivity index (χ1n) is 8.18. The molecule has 2 amide bonds. The minimum atomic E-state index is -0.660. The molecule has 0 spiro atoms. The molecule has 25 heavy (non-hydrogen) atoms. The summed E-state index contributed by atoms with van der Waals surface area (Å²) >= 11 is 0. The van der Waals surface area contributed by atoms with Crippen LogP contribution in [-0.4, -0.2) is 49.4 Å². The molecule has 0 saturated heterocycles. The van der Waals surface area contributed by atoms with Gasteiger partial charge in [-0.25, -0.2) is 0 Å². The molecule has 0 aromatic heterocycles. The molecule has 1 aromatic rings. The van der Waals surface area contributed by atoms with Crippen molar-refractivity contribution in [1.82, 2.24) is 10.2 Å². The zero-order valence-electron chi connectivity index (χ0n) is 15.4. The maximum atomic E-state index is 12.4. The number of hydrogen-bond acceptors (Lipinski definition) is 5. The van der Waals surface area contributed by atoms with Crippen LogP contribution in [0.4, 0.5) is 5.69 Å². The Balaban J connectivity index is 2.61. The van der Waals surface area contributed by atoms with Gasteiger partial charge in [0.05, 0.1) is 6.04 Å². The number of ether oxygens (including phenoxy) is 1. The zero-order valence-corrected chi connectivity index (χ0v) is 15.4. The molecule has 1 aromatic carbocycles. The smallest absolute Gasteiger partial charge is 0.293 e.